The van der Waals surface area contributed by atoms with Crippen LogP contribution in [0.5, 0.6) is 0 Å². The zero-order valence-electron chi connectivity index (χ0n) is 35.1. The summed E-state index contributed by atoms with van der Waals surface area (Å²) in [4.78, 5) is 47.4. The lowest BCUT2D eigenvalue weighted by atomic mass is 9.89. The number of nitro groups is 2. The van der Waals surface area contributed by atoms with Crippen LogP contribution in [0, 0.1) is 32.1 Å². The molecule has 3 N–H and O–H groups in total. The van der Waals surface area contributed by atoms with Gasteiger partial charge in [0.1, 0.15) is 18.3 Å². The second-order valence-corrected chi connectivity index (χ2v) is 22.4. The monoisotopic (exact) mass is 818 g/mol. The zero-order valence-corrected chi connectivity index (χ0v) is 36.1. The van der Waals surface area contributed by atoms with Crippen LogP contribution >= 0.6 is 0 Å². The number of epoxide rings is 1. The highest BCUT2D eigenvalue weighted by Gasteiger charge is 2.48. The van der Waals surface area contributed by atoms with Gasteiger partial charge in [-0.1, -0.05) is 71.9 Å². The summed E-state index contributed by atoms with van der Waals surface area (Å²) in [6.45, 7) is 21.0. The van der Waals surface area contributed by atoms with Gasteiger partial charge in [0.25, 0.3) is 11.4 Å². The van der Waals surface area contributed by atoms with Crippen LogP contribution in [0.2, 0.25) is 18.1 Å². The number of nitrogens with zero attached hydrogens (tertiary/aromatic N) is 2. The van der Waals surface area contributed by atoms with Crippen molar-refractivity contribution in [3.8, 4) is 0 Å². The molecule has 0 radical (unpaired) electrons. The minimum absolute atomic E-state index is 0.0141. The summed E-state index contributed by atoms with van der Waals surface area (Å²) in [6, 6.07) is 2.64. The van der Waals surface area contributed by atoms with Crippen molar-refractivity contribution in [2.24, 2.45) is 11.8 Å². The summed E-state index contributed by atoms with van der Waals surface area (Å²) in [6.07, 6.45) is 5.62. The topological polar surface area (TPSA) is 221 Å². The average molecular weight is 819 g/mol. The SMILES string of the molecule is CC[C@H](OC(=O)c1cc([N+](=O)[O-])cc([N+](=O)[O-])c1)[C@@H](C)[C@H]1O[C@@H]1C[C@@](C)(O)/C=C/C=C(\C)[C@H]1OC(=O)C[C@H](O[Si](C)(C)C(C)(C)C)CC[C@@](C)(O)[C@@H](O)/C=C\[C@@H]1C. The number of hydrogen-bond donors (Lipinski definition) is 3. The van der Waals surface area contributed by atoms with Gasteiger partial charge in [0.05, 0.1) is 57.4 Å². The van der Waals surface area contributed by atoms with Crippen molar-refractivity contribution < 1.29 is 53.4 Å². The van der Waals surface area contributed by atoms with E-state index in [0.717, 1.165) is 18.2 Å². The highest BCUT2D eigenvalue weighted by Crippen LogP contribution is 2.40. The first-order valence-electron chi connectivity index (χ1n) is 19.5. The quantitative estimate of drug-likeness (QED) is 0.0320. The number of hydrogen-bond acceptors (Lipinski definition) is 13. The largest absolute Gasteiger partial charge is 0.458 e. The Morgan fingerprint density at radius 1 is 1.12 bits per heavy atom. The Morgan fingerprint density at radius 3 is 2.26 bits per heavy atom. The van der Waals surface area contributed by atoms with Gasteiger partial charge in [-0.25, -0.2) is 4.79 Å². The van der Waals surface area contributed by atoms with Crippen LogP contribution < -0.4 is 0 Å². The average Bonchev–Trinajstić information content (AvgIpc) is 3.86. The first-order chi connectivity index (χ1) is 26.2. The molecule has 3 rings (SSSR count). The highest BCUT2D eigenvalue weighted by atomic mass is 28.4. The number of esters is 2. The van der Waals surface area contributed by atoms with Gasteiger partial charge in [0, 0.05) is 30.4 Å². The van der Waals surface area contributed by atoms with Crippen LogP contribution in [0.15, 0.2) is 54.2 Å². The minimum atomic E-state index is -2.30. The fraction of sp³-hybridized carbons (Fsp3) is 0.659. The van der Waals surface area contributed by atoms with E-state index < -0.39 is 77.1 Å². The van der Waals surface area contributed by atoms with Crippen LogP contribution in [-0.2, 0) is 23.4 Å². The first kappa shape index (κ1) is 47.6. The van der Waals surface area contributed by atoms with E-state index in [-0.39, 0.29) is 53.9 Å². The molecule has 15 nitrogen and oxygen atoms in total. The molecule has 1 saturated heterocycles. The van der Waals surface area contributed by atoms with E-state index in [4.69, 9.17) is 18.6 Å². The number of nitro benzene ring substituents is 2. The number of aliphatic hydroxyl groups excluding tert-OH is 1. The second-order valence-electron chi connectivity index (χ2n) is 17.6. The summed E-state index contributed by atoms with van der Waals surface area (Å²) >= 11 is 0. The molecule has 318 valence electrons. The molecular weight excluding hydrogens is 757 g/mol. The maximum Gasteiger partial charge on any atom is 0.338 e. The smallest absolute Gasteiger partial charge is 0.338 e. The fourth-order valence-electron chi connectivity index (χ4n) is 6.64. The molecule has 0 aliphatic carbocycles. The van der Waals surface area contributed by atoms with E-state index in [0.29, 0.717) is 18.4 Å². The Labute approximate surface area is 336 Å². The standard InChI is InChI=1S/C41H62N2O13Si/c1-12-32(54-38(46)28-20-29(42(49)50)22-30(21-28)43(51)52)27(4)37-33(53-37)24-40(8,47)18-13-14-25(2)36-26(3)15-16-34(44)41(9,48)19-17-31(23-35(45)55-36)56-57(10,11)39(5,6)7/h13-16,18,20-22,26-27,31-34,36-37,44,47-48H,12,17,19,23-24H2,1-11H3/b16-15-,18-13+,25-14+/t26-,27+,31+,32-,33+,34-,36+,37+,40-,41+/m0/s1. The van der Waals surface area contributed by atoms with Gasteiger partial charge in [-0.15, -0.1) is 0 Å². The van der Waals surface area contributed by atoms with Gasteiger partial charge in [-0.3, -0.25) is 25.0 Å². The lowest BCUT2D eigenvalue weighted by Gasteiger charge is -2.40. The summed E-state index contributed by atoms with van der Waals surface area (Å²) < 4.78 is 24.2. The lowest BCUT2D eigenvalue weighted by Crippen LogP contribution is -2.46. The third kappa shape index (κ3) is 13.4. The Kier molecular flexibility index (Phi) is 15.7. The van der Waals surface area contributed by atoms with Gasteiger partial charge >= 0.3 is 11.9 Å². The fourth-order valence-corrected chi connectivity index (χ4v) is 8.03. The van der Waals surface area contributed by atoms with Crippen LogP contribution in [0.3, 0.4) is 0 Å². The predicted molar refractivity (Wildman–Crippen MR) is 216 cm³/mol. The van der Waals surface area contributed by atoms with Crippen molar-refractivity contribution in [2.75, 3.05) is 0 Å². The third-order valence-corrected chi connectivity index (χ3v) is 16.0. The Morgan fingerprint density at radius 2 is 1.72 bits per heavy atom. The van der Waals surface area contributed by atoms with Crippen molar-refractivity contribution in [3.05, 3.63) is 79.9 Å². The van der Waals surface area contributed by atoms with E-state index in [1.807, 2.05) is 20.8 Å². The van der Waals surface area contributed by atoms with Crippen LogP contribution in [0.25, 0.3) is 0 Å². The van der Waals surface area contributed by atoms with Crippen molar-refractivity contribution in [2.45, 2.75) is 160 Å². The molecule has 2 aliphatic heterocycles. The molecule has 0 unspecified atom stereocenters. The highest BCUT2D eigenvalue weighted by molar-refractivity contribution is 6.74. The van der Waals surface area contributed by atoms with Gasteiger partial charge in [-0.2, -0.15) is 0 Å². The molecular formula is C41H62N2O13Si. The Bertz CT molecular complexity index is 1680. The van der Waals surface area contributed by atoms with Gasteiger partial charge < -0.3 is 34.0 Å². The summed E-state index contributed by atoms with van der Waals surface area (Å²) in [5.74, 6) is -2.09. The molecule has 0 bridgehead atoms. The van der Waals surface area contributed by atoms with Crippen molar-refractivity contribution in [3.63, 3.8) is 0 Å². The van der Waals surface area contributed by atoms with Gasteiger partial charge in [0.15, 0.2) is 8.32 Å². The minimum Gasteiger partial charge on any atom is -0.458 e. The zero-order chi connectivity index (χ0) is 43.3. The molecule has 1 aromatic carbocycles. The van der Waals surface area contributed by atoms with Crippen molar-refractivity contribution >= 4 is 31.6 Å². The number of cyclic esters (lactones) is 1. The maximum atomic E-state index is 13.5. The number of non-ortho nitro benzene ring substituents is 2. The molecule has 16 heteroatoms. The van der Waals surface area contributed by atoms with E-state index in [1.54, 1.807) is 45.1 Å². The number of ether oxygens (including phenoxy) is 3. The van der Waals surface area contributed by atoms with Crippen LogP contribution in [0.4, 0.5) is 11.4 Å². The molecule has 0 spiro atoms. The van der Waals surface area contributed by atoms with Gasteiger partial charge in [0.2, 0.25) is 0 Å². The van der Waals surface area contributed by atoms with E-state index in [2.05, 4.69) is 33.9 Å². The molecule has 1 aromatic rings. The molecule has 0 aromatic heterocycles. The van der Waals surface area contributed by atoms with Crippen molar-refractivity contribution in [1.82, 2.24) is 0 Å². The third-order valence-electron chi connectivity index (χ3n) is 11.4. The van der Waals surface area contributed by atoms with Gasteiger partial charge in [-0.05, 0) is 63.7 Å². The molecule has 0 saturated carbocycles. The van der Waals surface area contributed by atoms with E-state index in [9.17, 15) is 45.1 Å². The normalized spacial score (nSPS) is 29.2. The van der Waals surface area contributed by atoms with E-state index >= 15 is 0 Å². The molecule has 2 aliphatic rings. The number of carbonyl (C=O) groups excluding carboxylic acids is 2. The number of benzene rings is 1. The molecule has 57 heavy (non-hydrogen) atoms. The maximum absolute atomic E-state index is 13.5. The predicted octanol–water partition coefficient (Wildman–Crippen LogP) is 7.28. The number of rotatable bonds is 14. The Hall–Kier alpha value is -3.80. The first-order valence-corrected chi connectivity index (χ1v) is 22.4. The summed E-state index contributed by atoms with van der Waals surface area (Å²) in [5, 5.41) is 55.8. The van der Waals surface area contributed by atoms with Crippen LogP contribution in [-0.4, -0.2) is 93.2 Å². The molecule has 0 amide bonds. The summed E-state index contributed by atoms with van der Waals surface area (Å²) in [7, 11) is -2.30. The second kappa shape index (κ2) is 18.8. The number of aliphatic hydroxyl groups is 3. The van der Waals surface area contributed by atoms with E-state index in [1.165, 1.54) is 6.08 Å². The molecule has 2 heterocycles. The van der Waals surface area contributed by atoms with Crippen LogP contribution in [0.1, 0.15) is 105 Å². The summed E-state index contributed by atoms with van der Waals surface area (Å²) in [5.41, 5.74) is -3.60. The number of carbonyl (C=O) groups is 2. The molecule has 10 atom stereocenters. The number of allylic oxidation sites excluding steroid dienone is 2. The Balaban J connectivity index is 1.71. The lowest BCUT2D eigenvalue weighted by molar-refractivity contribution is -0.394. The van der Waals surface area contributed by atoms with Crippen molar-refractivity contribution in [1.29, 1.82) is 0 Å². The molecule has 1 fully saturated rings.